The van der Waals surface area contributed by atoms with E-state index in [4.69, 9.17) is 4.74 Å². The van der Waals surface area contributed by atoms with Crippen molar-refractivity contribution in [3.8, 4) is 0 Å². The molecule has 2 atom stereocenters. The molecule has 2 rings (SSSR count). The molecule has 0 aliphatic heterocycles. The first-order valence-electron chi connectivity index (χ1n) is 7.14. The summed E-state index contributed by atoms with van der Waals surface area (Å²) in [4.78, 5) is 0. The fourth-order valence-electron chi connectivity index (χ4n) is 2.89. The first-order valence-corrected chi connectivity index (χ1v) is 7.14. The van der Waals surface area contributed by atoms with E-state index in [0.717, 1.165) is 13.0 Å². The molecule has 1 aliphatic carbocycles. The number of hydrogen-bond acceptors (Lipinski definition) is 2. The van der Waals surface area contributed by atoms with Crippen LogP contribution in [0.2, 0.25) is 0 Å². The van der Waals surface area contributed by atoms with Crippen LogP contribution in [0.3, 0.4) is 0 Å². The van der Waals surface area contributed by atoms with Gasteiger partial charge in [0.15, 0.2) is 0 Å². The predicted octanol–water partition coefficient (Wildman–Crippen LogP) is 2.73. The molecule has 0 heterocycles. The molecule has 2 nitrogen and oxygen atoms in total. The molecule has 0 radical (unpaired) electrons. The van der Waals surface area contributed by atoms with Gasteiger partial charge in [-0.1, -0.05) is 18.2 Å². The molecule has 0 amide bonds. The Balaban J connectivity index is 2.03. The summed E-state index contributed by atoms with van der Waals surface area (Å²) in [5, 5.41) is 3.38. The van der Waals surface area contributed by atoms with Crippen molar-refractivity contribution < 1.29 is 4.74 Å². The largest absolute Gasteiger partial charge is 0.377 e. The van der Waals surface area contributed by atoms with Crippen molar-refractivity contribution in [2.24, 2.45) is 0 Å². The lowest BCUT2D eigenvalue weighted by Crippen LogP contribution is -2.39. The van der Waals surface area contributed by atoms with Crippen molar-refractivity contribution in [1.29, 1.82) is 0 Å². The maximum atomic E-state index is 5.70. The molecule has 0 spiro atoms. The maximum absolute atomic E-state index is 5.70. The summed E-state index contributed by atoms with van der Waals surface area (Å²) < 4.78 is 5.70. The monoisotopic (exact) mass is 247 g/mol. The van der Waals surface area contributed by atoms with E-state index in [1.54, 1.807) is 11.1 Å². The summed E-state index contributed by atoms with van der Waals surface area (Å²) in [6.45, 7) is 4.99. The molecule has 1 aromatic carbocycles. The van der Waals surface area contributed by atoms with Gasteiger partial charge in [-0.15, -0.1) is 0 Å². The third-order valence-electron chi connectivity index (χ3n) is 3.99. The van der Waals surface area contributed by atoms with E-state index in [1.165, 1.54) is 24.8 Å². The van der Waals surface area contributed by atoms with E-state index in [-0.39, 0.29) is 6.10 Å². The molecule has 1 N–H and O–H groups in total. The van der Waals surface area contributed by atoms with Crippen LogP contribution in [-0.4, -0.2) is 25.8 Å². The lowest BCUT2D eigenvalue weighted by Gasteiger charge is -2.23. The lowest BCUT2D eigenvalue weighted by molar-refractivity contribution is 0.0497. The van der Waals surface area contributed by atoms with Gasteiger partial charge in [-0.25, -0.2) is 0 Å². The van der Waals surface area contributed by atoms with Crippen molar-refractivity contribution in [2.45, 2.75) is 51.7 Å². The Morgan fingerprint density at radius 3 is 2.78 bits per heavy atom. The second-order valence-electron chi connectivity index (χ2n) is 5.22. The van der Waals surface area contributed by atoms with E-state index in [2.05, 4.69) is 37.4 Å². The number of likely N-dealkylation sites (N-methyl/N-ethyl adjacent to an activating group) is 1. The Kier molecular flexibility index (Phi) is 4.79. The second-order valence-corrected chi connectivity index (χ2v) is 5.22. The summed E-state index contributed by atoms with van der Waals surface area (Å²) in [5.41, 5.74) is 4.55. The second kappa shape index (κ2) is 6.35. The normalized spacial score (nSPS) is 17.5. The Bertz CT molecular complexity index is 389. The number of ether oxygens (including phenoxy) is 1. The number of benzene rings is 1. The van der Waals surface area contributed by atoms with Crippen LogP contribution in [-0.2, 0) is 24.0 Å². The summed E-state index contributed by atoms with van der Waals surface area (Å²) in [6, 6.07) is 7.39. The van der Waals surface area contributed by atoms with Gasteiger partial charge in [-0.3, -0.25) is 0 Å². The Morgan fingerprint density at radius 1 is 1.28 bits per heavy atom. The Labute approximate surface area is 111 Å². The Hall–Kier alpha value is -0.860. The van der Waals surface area contributed by atoms with Crippen molar-refractivity contribution in [1.82, 2.24) is 5.32 Å². The molecule has 100 valence electrons. The fraction of sp³-hybridized carbons (Fsp3) is 0.625. The molecule has 18 heavy (non-hydrogen) atoms. The molecule has 0 bridgehead atoms. The van der Waals surface area contributed by atoms with Crippen molar-refractivity contribution in [2.75, 3.05) is 13.7 Å². The zero-order valence-corrected chi connectivity index (χ0v) is 11.8. The van der Waals surface area contributed by atoms with Gasteiger partial charge >= 0.3 is 0 Å². The minimum atomic E-state index is 0.258. The van der Waals surface area contributed by atoms with E-state index in [9.17, 15) is 0 Å². The van der Waals surface area contributed by atoms with Crippen molar-refractivity contribution in [3.63, 3.8) is 0 Å². The molecule has 1 aromatic rings. The molecule has 0 saturated heterocycles. The van der Waals surface area contributed by atoms with Gasteiger partial charge in [0.05, 0.1) is 6.10 Å². The van der Waals surface area contributed by atoms with Crippen molar-refractivity contribution >= 4 is 0 Å². The molecule has 2 heteroatoms. The third kappa shape index (κ3) is 3.12. The minimum Gasteiger partial charge on any atom is -0.377 e. The van der Waals surface area contributed by atoms with E-state index in [0.29, 0.717) is 6.04 Å². The van der Waals surface area contributed by atoms with Crippen molar-refractivity contribution in [3.05, 3.63) is 34.9 Å². The molecule has 1 aliphatic rings. The highest BCUT2D eigenvalue weighted by Crippen LogP contribution is 2.23. The highest BCUT2D eigenvalue weighted by atomic mass is 16.5. The van der Waals surface area contributed by atoms with Gasteiger partial charge in [0.25, 0.3) is 0 Å². The van der Waals surface area contributed by atoms with E-state index < -0.39 is 0 Å². The molecule has 0 aromatic heterocycles. The standard InChI is InChI=1S/C16H25NO/c1-4-18-12(2)16(17-3)11-13-8-9-14-6-5-7-15(14)10-13/h8-10,12,16-17H,4-7,11H2,1-3H3. The van der Waals surface area contributed by atoms with Crippen LogP contribution in [0.4, 0.5) is 0 Å². The number of aryl methyl sites for hydroxylation is 2. The summed E-state index contributed by atoms with van der Waals surface area (Å²) in [5.74, 6) is 0. The highest BCUT2D eigenvalue weighted by Gasteiger charge is 2.17. The number of fused-ring (bicyclic) bond motifs is 1. The summed E-state index contributed by atoms with van der Waals surface area (Å²) >= 11 is 0. The van der Waals surface area contributed by atoms with Gasteiger partial charge in [0.2, 0.25) is 0 Å². The molecule has 0 saturated carbocycles. The topological polar surface area (TPSA) is 21.3 Å². The van der Waals surface area contributed by atoms with E-state index in [1.807, 2.05) is 7.05 Å². The van der Waals surface area contributed by atoms with Crippen LogP contribution >= 0.6 is 0 Å². The summed E-state index contributed by atoms with van der Waals surface area (Å²) in [6.07, 6.45) is 5.15. The molecule has 2 unspecified atom stereocenters. The van der Waals surface area contributed by atoms with Crippen LogP contribution in [0.1, 0.15) is 37.0 Å². The van der Waals surface area contributed by atoms with Gasteiger partial charge in [0.1, 0.15) is 0 Å². The highest BCUT2D eigenvalue weighted by molar-refractivity contribution is 5.35. The first kappa shape index (κ1) is 13.6. The smallest absolute Gasteiger partial charge is 0.0702 e. The maximum Gasteiger partial charge on any atom is 0.0702 e. The summed E-state index contributed by atoms with van der Waals surface area (Å²) in [7, 11) is 2.02. The van der Waals surface area contributed by atoms with Crippen LogP contribution in [0.5, 0.6) is 0 Å². The van der Waals surface area contributed by atoms with Crippen LogP contribution in [0, 0.1) is 0 Å². The quantitative estimate of drug-likeness (QED) is 0.834. The van der Waals surface area contributed by atoms with Crippen LogP contribution in [0.15, 0.2) is 18.2 Å². The van der Waals surface area contributed by atoms with Gasteiger partial charge in [-0.2, -0.15) is 0 Å². The van der Waals surface area contributed by atoms with Gasteiger partial charge < -0.3 is 10.1 Å². The zero-order valence-electron chi connectivity index (χ0n) is 11.8. The Morgan fingerprint density at radius 2 is 2.06 bits per heavy atom. The fourth-order valence-corrected chi connectivity index (χ4v) is 2.89. The van der Waals surface area contributed by atoms with Gasteiger partial charge in [-0.05, 0) is 63.3 Å². The number of nitrogens with one attached hydrogen (secondary N) is 1. The zero-order chi connectivity index (χ0) is 13.0. The van der Waals surface area contributed by atoms with Crippen LogP contribution < -0.4 is 5.32 Å². The minimum absolute atomic E-state index is 0.258. The average molecular weight is 247 g/mol. The molecular weight excluding hydrogens is 222 g/mol. The number of hydrogen-bond donors (Lipinski definition) is 1. The molecular formula is C16H25NO. The average Bonchev–Trinajstić information content (AvgIpc) is 2.83. The van der Waals surface area contributed by atoms with E-state index >= 15 is 0 Å². The van der Waals surface area contributed by atoms with Crippen LogP contribution in [0.25, 0.3) is 0 Å². The first-order chi connectivity index (χ1) is 8.74. The predicted molar refractivity (Wildman–Crippen MR) is 76.1 cm³/mol. The van der Waals surface area contributed by atoms with Gasteiger partial charge in [0, 0.05) is 12.6 Å². The molecule has 0 fully saturated rings. The number of rotatable bonds is 6. The lowest BCUT2D eigenvalue weighted by atomic mass is 9.98. The SMILES string of the molecule is CCOC(C)C(Cc1ccc2c(c1)CCC2)NC. The third-order valence-corrected chi connectivity index (χ3v) is 3.99.